The fourth-order valence-electron chi connectivity index (χ4n) is 3.41. The summed E-state index contributed by atoms with van der Waals surface area (Å²) in [5.41, 5.74) is 5.10. The maximum atomic E-state index is 13.2. The summed E-state index contributed by atoms with van der Waals surface area (Å²) in [4.78, 5) is 17.4. The minimum Gasteiger partial charge on any atom is -0.321 e. The summed E-state index contributed by atoms with van der Waals surface area (Å²) >= 11 is 0. The van der Waals surface area contributed by atoms with Crippen LogP contribution in [0.4, 0.5) is 10.1 Å². The van der Waals surface area contributed by atoms with E-state index < -0.39 is 0 Å². The van der Waals surface area contributed by atoms with Crippen LogP contribution in [0.3, 0.4) is 0 Å². The van der Waals surface area contributed by atoms with Gasteiger partial charge >= 0.3 is 0 Å². The van der Waals surface area contributed by atoms with E-state index in [9.17, 15) is 9.18 Å². The SMILES string of the molecule is Cc1nn(-c2ccc(F)cc2)c(C)c1C(=O)Nc1ccc(C)c2ncccc12. The Morgan fingerprint density at radius 2 is 1.79 bits per heavy atom. The molecular formula is C22H19FN4O. The number of rotatable bonds is 3. The standard InChI is InChI=1S/C22H19FN4O/c1-13-6-11-19(18-5-4-12-24-21(13)18)25-22(28)20-14(2)26-27(15(20)3)17-9-7-16(23)8-10-17/h4-12H,1-3H3,(H,25,28). The van der Waals surface area contributed by atoms with Gasteiger partial charge in [-0.15, -0.1) is 0 Å². The van der Waals surface area contributed by atoms with E-state index >= 15 is 0 Å². The van der Waals surface area contributed by atoms with Crippen molar-refractivity contribution in [2.45, 2.75) is 20.8 Å². The number of carbonyl (C=O) groups is 1. The first kappa shape index (κ1) is 17.9. The van der Waals surface area contributed by atoms with Crippen molar-refractivity contribution in [1.82, 2.24) is 14.8 Å². The number of hydrogen-bond donors (Lipinski definition) is 1. The zero-order chi connectivity index (χ0) is 19.8. The molecule has 0 aliphatic heterocycles. The topological polar surface area (TPSA) is 59.8 Å². The third-order valence-corrected chi connectivity index (χ3v) is 4.81. The number of pyridine rings is 1. The van der Waals surface area contributed by atoms with Crippen molar-refractivity contribution in [3.05, 3.63) is 83.1 Å². The van der Waals surface area contributed by atoms with Crippen LogP contribution in [0.5, 0.6) is 0 Å². The molecule has 0 aliphatic rings. The lowest BCUT2D eigenvalue weighted by atomic mass is 10.1. The van der Waals surface area contributed by atoms with E-state index in [0.29, 0.717) is 28.3 Å². The summed E-state index contributed by atoms with van der Waals surface area (Å²) in [6.45, 7) is 5.60. The highest BCUT2D eigenvalue weighted by Crippen LogP contribution is 2.26. The molecule has 0 radical (unpaired) electrons. The number of anilines is 1. The Balaban J connectivity index is 1.72. The Morgan fingerprint density at radius 1 is 1.04 bits per heavy atom. The van der Waals surface area contributed by atoms with Crippen LogP contribution < -0.4 is 5.32 Å². The minimum absolute atomic E-state index is 0.239. The molecule has 6 heteroatoms. The Hall–Kier alpha value is -3.54. The maximum Gasteiger partial charge on any atom is 0.259 e. The number of aromatic nitrogens is 3. The number of hydrogen-bond acceptors (Lipinski definition) is 3. The minimum atomic E-state index is -0.317. The average Bonchev–Trinajstić information content (AvgIpc) is 2.99. The van der Waals surface area contributed by atoms with Gasteiger partial charge in [-0.25, -0.2) is 9.07 Å². The van der Waals surface area contributed by atoms with Crippen molar-refractivity contribution >= 4 is 22.5 Å². The Kier molecular flexibility index (Phi) is 4.39. The molecule has 0 saturated carbocycles. The second-order valence-electron chi connectivity index (χ2n) is 6.72. The first-order valence-electron chi connectivity index (χ1n) is 8.93. The molecule has 0 saturated heterocycles. The van der Waals surface area contributed by atoms with Crippen LogP contribution in [0.15, 0.2) is 54.7 Å². The molecule has 2 aromatic carbocycles. The first-order valence-corrected chi connectivity index (χ1v) is 8.93. The van der Waals surface area contributed by atoms with E-state index in [1.165, 1.54) is 12.1 Å². The summed E-state index contributed by atoms with van der Waals surface area (Å²) in [6.07, 6.45) is 1.74. The molecule has 2 aromatic heterocycles. The highest BCUT2D eigenvalue weighted by atomic mass is 19.1. The summed E-state index contributed by atoms with van der Waals surface area (Å²) in [5.74, 6) is -0.555. The molecular weight excluding hydrogens is 355 g/mol. The Morgan fingerprint density at radius 3 is 2.54 bits per heavy atom. The fourth-order valence-corrected chi connectivity index (χ4v) is 3.41. The van der Waals surface area contributed by atoms with Gasteiger partial charge in [-0.2, -0.15) is 5.10 Å². The molecule has 1 N–H and O–H groups in total. The maximum absolute atomic E-state index is 13.2. The van der Waals surface area contributed by atoms with Gasteiger partial charge in [-0.05, 0) is 68.8 Å². The second-order valence-corrected chi connectivity index (χ2v) is 6.72. The molecule has 0 fully saturated rings. The van der Waals surface area contributed by atoms with Gasteiger partial charge in [0.05, 0.1) is 33.8 Å². The van der Waals surface area contributed by atoms with Crippen LogP contribution in [0.2, 0.25) is 0 Å². The number of carbonyl (C=O) groups excluding carboxylic acids is 1. The third kappa shape index (κ3) is 3.03. The smallest absolute Gasteiger partial charge is 0.259 e. The molecule has 4 aromatic rings. The number of halogens is 1. The largest absolute Gasteiger partial charge is 0.321 e. The van der Waals surface area contributed by atoms with Gasteiger partial charge in [-0.3, -0.25) is 9.78 Å². The Labute approximate surface area is 161 Å². The molecule has 5 nitrogen and oxygen atoms in total. The van der Waals surface area contributed by atoms with Crippen molar-refractivity contribution in [2.75, 3.05) is 5.32 Å². The molecule has 2 heterocycles. The molecule has 28 heavy (non-hydrogen) atoms. The number of fused-ring (bicyclic) bond motifs is 1. The lowest BCUT2D eigenvalue weighted by Crippen LogP contribution is -2.14. The van der Waals surface area contributed by atoms with Crippen LogP contribution in [-0.2, 0) is 0 Å². The second kappa shape index (κ2) is 6.88. The van der Waals surface area contributed by atoms with E-state index in [2.05, 4.69) is 15.4 Å². The van der Waals surface area contributed by atoms with Gasteiger partial charge in [0.1, 0.15) is 5.82 Å². The summed E-state index contributed by atoms with van der Waals surface area (Å²) in [5, 5.41) is 8.35. The monoisotopic (exact) mass is 374 g/mol. The van der Waals surface area contributed by atoms with Gasteiger partial charge < -0.3 is 5.32 Å². The normalized spacial score (nSPS) is 11.0. The molecule has 0 aliphatic carbocycles. The first-order chi connectivity index (χ1) is 13.5. The van der Waals surface area contributed by atoms with Crippen LogP contribution in [0.1, 0.15) is 27.3 Å². The van der Waals surface area contributed by atoms with Crippen LogP contribution in [0.25, 0.3) is 16.6 Å². The predicted molar refractivity (Wildman–Crippen MR) is 107 cm³/mol. The van der Waals surface area contributed by atoms with Crippen LogP contribution in [0, 0.1) is 26.6 Å². The average molecular weight is 374 g/mol. The molecule has 0 spiro atoms. The molecule has 0 atom stereocenters. The lowest BCUT2D eigenvalue weighted by Gasteiger charge is -2.10. The number of amides is 1. The van der Waals surface area contributed by atoms with Gasteiger partial charge in [0.25, 0.3) is 5.91 Å². The summed E-state index contributed by atoms with van der Waals surface area (Å²) in [6, 6.07) is 13.6. The molecule has 140 valence electrons. The zero-order valence-corrected chi connectivity index (χ0v) is 15.8. The lowest BCUT2D eigenvalue weighted by molar-refractivity contribution is 0.102. The van der Waals surface area contributed by atoms with Crippen LogP contribution >= 0.6 is 0 Å². The van der Waals surface area contributed by atoms with Crippen molar-refractivity contribution in [1.29, 1.82) is 0 Å². The van der Waals surface area contributed by atoms with Crippen molar-refractivity contribution < 1.29 is 9.18 Å². The van der Waals surface area contributed by atoms with Crippen molar-refractivity contribution in [3.63, 3.8) is 0 Å². The summed E-state index contributed by atoms with van der Waals surface area (Å²) < 4.78 is 14.9. The number of benzene rings is 2. The summed E-state index contributed by atoms with van der Waals surface area (Å²) in [7, 11) is 0. The van der Waals surface area contributed by atoms with E-state index in [0.717, 1.165) is 16.5 Å². The molecule has 4 rings (SSSR count). The predicted octanol–water partition coefficient (Wildman–Crippen LogP) is 4.74. The molecule has 0 unspecified atom stereocenters. The highest BCUT2D eigenvalue weighted by molar-refractivity contribution is 6.10. The van der Waals surface area contributed by atoms with E-state index in [1.807, 2.05) is 38.1 Å². The van der Waals surface area contributed by atoms with Crippen molar-refractivity contribution in [3.8, 4) is 5.69 Å². The highest BCUT2D eigenvalue weighted by Gasteiger charge is 2.20. The Bertz CT molecular complexity index is 1200. The number of nitrogens with zero attached hydrogens (tertiary/aromatic N) is 3. The molecule has 1 amide bonds. The number of nitrogens with one attached hydrogen (secondary N) is 1. The van der Waals surface area contributed by atoms with E-state index in [4.69, 9.17) is 0 Å². The quantitative estimate of drug-likeness (QED) is 0.564. The van der Waals surface area contributed by atoms with Gasteiger partial charge in [0, 0.05) is 11.6 Å². The van der Waals surface area contributed by atoms with E-state index in [-0.39, 0.29) is 11.7 Å². The van der Waals surface area contributed by atoms with Crippen LogP contribution in [-0.4, -0.2) is 20.7 Å². The third-order valence-electron chi connectivity index (χ3n) is 4.81. The van der Waals surface area contributed by atoms with Gasteiger partial charge in [-0.1, -0.05) is 6.07 Å². The van der Waals surface area contributed by atoms with Gasteiger partial charge in [0.15, 0.2) is 0 Å². The zero-order valence-electron chi connectivity index (χ0n) is 15.8. The van der Waals surface area contributed by atoms with Crippen molar-refractivity contribution in [2.24, 2.45) is 0 Å². The molecule has 0 bridgehead atoms. The van der Waals surface area contributed by atoms with E-state index in [1.54, 1.807) is 29.9 Å². The number of aryl methyl sites for hydroxylation is 2. The van der Waals surface area contributed by atoms with Gasteiger partial charge in [0.2, 0.25) is 0 Å². The fraction of sp³-hybridized carbons (Fsp3) is 0.136.